The van der Waals surface area contributed by atoms with Gasteiger partial charge in [-0.2, -0.15) is 0 Å². The van der Waals surface area contributed by atoms with Gasteiger partial charge in [0.2, 0.25) is 11.1 Å². The van der Waals surface area contributed by atoms with Gasteiger partial charge in [0.15, 0.2) is 5.82 Å². The molecule has 0 aliphatic carbocycles. The molecule has 0 aliphatic rings. The van der Waals surface area contributed by atoms with Gasteiger partial charge in [-0.15, -0.1) is 10.2 Å². The zero-order valence-electron chi connectivity index (χ0n) is 14.0. The van der Waals surface area contributed by atoms with E-state index < -0.39 is 0 Å². The van der Waals surface area contributed by atoms with Crippen molar-refractivity contribution in [2.45, 2.75) is 19.0 Å². The van der Waals surface area contributed by atoms with E-state index in [1.165, 1.54) is 11.8 Å². The Morgan fingerprint density at radius 1 is 1.20 bits per heavy atom. The van der Waals surface area contributed by atoms with Crippen LogP contribution in [0.4, 0.5) is 5.69 Å². The lowest BCUT2D eigenvalue weighted by Crippen LogP contribution is -2.15. The molecule has 2 heterocycles. The van der Waals surface area contributed by atoms with Gasteiger partial charge in [-0.1, -0.05) is 11.8 Å². The molecule has 7 nitrogen and oxygen atoms in total. The van der Waals surface area contributed by atoms with Gasteiger partial charge in [-0.05, 0) is 50.2 Å². The fourth-order valence-corrected chi connectivity index (χ4v) is 3.06. The summed E-state index contributed by atoms with van der Waals surface area (Å²) >= 11 is 1.34. The highest BCUT2D eigenvalue weighted by atomic mass is 32.2. The lowest BCUT2D eigenvalue weighted by molar-refractivity contribution is -0.113. The molecule has 130 valence electrons. The molecule has 2 aromatic heterocycles. The van der Waals surface area contributed by atoms with Crippen LogP contribution < -0.4 is 10.1 Å². The molecule has 1 N–H and O–H groups in total. The van der Waals surface area contributed by atoms with Crippen molar-refractivity contribution >= 4 is 23.4 Å². The maximum absolute atomic E-state index is 12.2. The zero-order chi connectivity index (χ0) is 17.6. The highest BCUT2D eigenvalue weighted by molar-refractivity contribution is 7.99. The number of aromatic nitrogens is 4. The quantitative estimate of drug-likeness (QED) is 0.658. The molecule has 8 heteroatoms. The second-order valence-electron chi connectivity index (χ2n) is 5.20. The van der Waals surface area contributed by atoms with Crippen LogP contribution in [0.2, 0.25) is 0 Å². The Bertz CT molecular complexity index is 827. The summed E-state index contributed by atoms with van der Waals surface area (Å²) in [7, 11) is 0. The number of amides is 1. The van der Waals surface area contributed by atoms with Gasteiger partial charge in [0.25, 0.3) is 0 Å². The number of hydrogen-bond acceptors (Lipinski definition) is 5. The third-order valence-electron chi connectivity index (χ3n) is 3.37. The van der Waals surface area contributed by atoms with Crippen LogP contribution in [-0.2, 0) is 4.79 Å². The monoisotopic (exact) mass is 357 g/mol. The van der Waals surface area contributed by atoms with Crippen molar-refractivity contribution in [3.05, 3.63) is 54.6 Å². The van der Waals surface area contributed by atoms with Gasteiger partial charge < -0.3 is 10.1 Å². The maximum Gasteiger partial charge on any atom is 0.234 e. The Kier molecular flexibility index (Phi) is 5.39. The first-order valence-electron chi connectivity index (χ1n) is 7.88. The summed E-state index contributed by atoms with van der Waals surface area (Å²) in [5.41, 5.74) is 0.733. The first-order chi connectivity index (χ1) is 12.2. The number of ether oxygens (including phenoxy) is 1. The summed E-state index contributed by atoms with van der Waals surface area (Å²) in [5.74, 6) is 1.68. The minimum absolute atomic E-state index is 0.103. The molecule has 0 aliphatic heterocycles. The van der Waals surface area contributed by atoms with Gasteiger partial charge in [0, 0.05) is 18.1 Å². The van der Waals surface area contributed by atoms with Gasteiger partial charge >= 0.3 is 0 Å². The van der Waals surface area contributed by atoms with E-state index in [1.54, 1.807) is 0 Å². The summed E-state index contributed by atoms with van der Waals surface area (Å²) in [6.45, 7) is 4.42. The third kappa shape index (κ3) is 4.21. The van der Waals surface area contributed by atoms with Crippen molar-refractivity contribution < 1.29 is 9.53 Å². The largest absolute Gasteiger partial charge is 0.494 e. The van der Waals surface area contributed by atoms with Crippen molar-refractivity contribution in [1.82, 2.24) is 19.5 Å². The molecule has 1 amide bonds. The van der Waals surface area contributed by atoms with E-state index in [0.29, 0.717) is 11.8 Å². The number of thioether (sulfide) groups is 1. The first-order valence-corrected chi connectivity index (χ1v) is 8.87. The number of nitrogens with one attached hydrogen (secondary N) is 1. The summed E-state index contributed by atoms with van der Waals surface area (Å²) in [5, 5.41) is 11.8. The van der Waals surface area contributed by atoms with E-state index in [9.17, 15) is 4.79 Å². The summed E-state index contributed by atoms with van der Waals surface area (Å²) in [6.07, 6.45) is 3.81. The SMILES string of the molecule is CCOc1ccc(NC(=O)CSc2nnc(C)n2-n2cccc2)cc1. The molecular formula is C17H19N5O2S. The molecular weight excluding hydrogens is 338 g/mol. The van der Waals surface area contributed by atoms with E-state index in [2.05, 4.69) is 15.5 Å². The number of benzene rings is 1. The summed E-state index contributed by atoms with van der Waals surface area (Å²) < 4.78 is 9.12. The average Bonchev–Trinajstić information content (AvgIpc) is 3.24. The van der Waals surface area contributed by atoms with Crippen LogP contribution >= 0.6 is 11.8 Å². The van der Waals surface area contributed by atoms with Crippen LogP contribution in [0.25, 0.3) is 0 Å². The Balaban J connectivity index is 1.60. The van der Waals surface area contributed by atoms with Crippen molar-refractivity contribution in [2.75, 3.05) is 17.7 Å². The highest BCUT2D eigenvalue weighted by Crippen LogP contribution is 2.19. The third-order valence-corrected chi connectivity index (χ3v) is 4.29. The average molecular weight is 357 g/mol. The van der Waals surface area contributed by atoms with Crippen molar-refractivity contribution in [3.63, 3.8) is 0 Å². The van der Waals surface area contributed by atoms with E-state index in [-0.39, 0.29) is 11.7 Å². The molecule has 0 bridgehead atoms. The number of nitrogens with zero attached hydrogens (tertiary/aromatic N) is 4. The molecule has 0 saturated carbocycles. The normalized spacial score (nSPS) is 10.6. The second-order valence-corrected chi connectivity index (χ2v) is 6.14. The molecule has 0 unspecified atom stereocenters. The van der Waals surface area contributed by atoms with E-state index in [4.69, 9.17) is 4.74 Å². The molecule has 3 rings (SSSR count). The molecule has 0 saturated heterocycles. The number of rotatable bonds is 7. The minimum Gasteiger partial charge on any atom is -0.494 e. The summed E-state index contributed by atoms with van der Waals surface area (Å²) in [4.78, 5) is 12.2. The Hall–Kier alpha value is -2.74. The minimum atomic E-state index is -0.103. The number of carbonyl (C=O) groups is 1. The number of carbonyl (C=O) groups excluding carboxylic acids is 1. The van der Waals surface area contributed by atoms with E-state index in [1.807, 2.05) is 72.0 Å². The first kappa shape index (κ1) is 17.1. The molecule has 25 heavy (non-hydrogen) atoms. The van der Waals surface area contributed by atoms with Gasteiger partial charge in [-0.25, -0.2) is 4.68 Å². The number of aryl methyl sites for hydroxylation is 1. The van der Waals surface area contributed by atoms with Crippen molar-refractivity contribution in [3.8, 4) is 5.75 Å². The smallest absolute Gasteiger partial charge is 0.234 e. The van der Waals surface area contributed by atoms with Gasteiger partial charge in [0.1, 0.15) is 5.75 Å². The van der Waals surface area contributed by atoms with Gasteiger partial charge in [0.05, 0.1) is 12.4 Å². The van der Waals surface area contributed by atoms with Crippen LogP contribution in [-0.4, -0.2) is 37.8 Å². The Labute approximate surface area is 150 Å². The fraction of sp³-hybridized carbons (Fsp3) is 0.235. The van der Waals surface area contributed by atoms with E-state index in [0.717, 1.165) is 17.3 Å². The van der Waals surface area contributed by atoms with Crippen LogP contribution in [0.3, 0.4) is 0 Å². The van der Waals surface area contributed by atoms with Crippen LogP contribution in [0.5, 0.6) is 5.75 Å². The predicted molar refractivity (Wildman–Crippen MR) is 97.0 cm³/mol. The molecule has 1 aromatic carbocycles. The molecule has 0 fully saturated rings. The number of anilines is 1. The molecule has 0 spiro atoms. The molecule has 0 radical (unpaired) electrons. The van der Waals surface area contributed by atoms with Gasteiger partial charge in [-0.3, -0.25) is 9.47 Å². The number of hydrogen-bond donors (Lipinski definition) is 1. The Morgan fingerprint density at radius 3 is 2.60 bits per heavy atom. The lowest BCUT2D eigenvalue weighted by atomic mass is 10.3. The standard InChI is InChI=1S/C17H19N5O2S/c1-3-24-15-8-6-14(7-9-15)18-16(23)12-25-17-20-19-13(2)22(17)21-10-4-5-11-21/h4-11H,3,12H2,1-2H3,(H,18,23). The zero-order valence-corrected chi connectivity index (χ0v) is 14.9. The van der Waals surface area contributed by atoms with Crippen molar-refractivity contribution in [2.24, 2.45) is 0 Å². The van der Waals surface area contributed by atoms with Crippen molar-refractivity contribution in [1.29, 1.82) is 0 Å². The van der Waals surface area contributed by atoms with Crippen LogP contribution in [0.1, 0.15) is 12.7 Å². The predicted octanol–water partition coefficient (Wildman–Crippen LogP) is 2.83. The lowest BCUT2D eigenvalue weighted by Gasteiger charge is -2.09. The maximum atomic E-state index is 12.2. The topological polar surface area (TPSA) is 74.0 Å². The van der Waals surface area contributed by atoms with Crippen LogP contribution in [0.15, 0.2) is 53.9 Å². The second kappa shape index (κ2) is 7.89. The highest BCUT2D eigenvalue weighted by Gasteiger charge is 2.13. The van der Waals surface area contributed by atoms with Crippen LogP contribution in [0, 0.1) is 6.92 Å². The summed E-state index contributed by atoms with van der Waals surface area (Å²) in [6, 6.07) is 11.1. The molecule has 0 atom stereocenters. The molecule has 3 aromatic rings. The fourth-order valence-electron chi connectivity index (χ4n) is 2.28. The van der Waals surface area contributed by atoms with E-state index >= 15 is 0 Å². The Morgan fingerprint density at radius 2 is 1.92 bits per heavy atom.